The lowest BCUT2D eigenvalue weighted by molar-refractivity contribution is -0.157. The van der Waals surface area contributed by atoms with Gasteiger partial charge in [0.05, 0.1) is 12.6 Å². The van der Waals surface area contributed by atoms with Crippen molar-refractivity contribution in [2.75, 3.05) is 55.9 Å². The highest BCUT2D eigenvalue weighted by atomic mass is 16.3. The molecule has 0 saturated carbocycles. The van der Waals surface area contributed by atoms with E-state index in [0.29, 0.717) is 0 Å². The van der Waals surface area contributed by atoms with E-state index in [1.54, 1.807) is 48.5 Å². The number of carbonyl (C=O) groups is 11. The van der Waals surface area contributed by atoms with Crippen molar-refractivity contribution in [1.82, 2.24) is 55.6 Å². The van der Waals surface area contributed by atoms with Crippen LogP contribution in [0.1, 0.15) is 123 Å². The summed E-state index contributed by atoms with van der Waals surface area (Å²) in [6, 6.07) is -12.2. The number of hydrogen-bond acceptors (Lipinski definition) is 12. The topological polar surface area (TPSA) is 279 Å². The first-order valence-electron chi connectivity index (χ1n) is 26.6. The molecule has 1 fully saturated rings. The van der Waals surface area contributed by atoms with Gasteiger partial charge >= 0.3 is 0 Å². The molecule has 0 bridgehead atoms. The molecule has 434 valence electrons. The minimum absolute atomic E-state index is 0.0314. The Morgan fingerprint density at radius 2 is 0.895 bits per heavy atom. The van der Waals surface area contributed by atoms with E-state index in [0.717, 1.165) is 19.6 Å². The highest BCUT2D eigenvalue weighted by Crippen LogP contribution is 2.24. The molecule has 1 aliphatic rings. The Morgan fingerprint density at radius 3 is 1.34 bits per heavy atom. The smallest absolute Gasteiger partial charge is 0.246 e. The number of hydrogen-bond donors (Lipinski definition) is 5. The Hall–Kier alpha value is -5.87. The van der Waals surface area contributed by atoms with E-state index in [-0.39, 0.29) is 31.1 Å². The third-order valence-electron chi connectivity index (χ3n) is 14.4. The van der Waals surface area contributed by atoms with Gasteiger partial charge in [0, 0.05) is 49.3 Å². The minimum Gasteiger partial charge on any atom is -0.390 e. The highest BCUT2D eigenvalue weighted by Gasteiger charge is 2.45. The second-order valence-electron chi connectivity index (χ2n) is 22.6. The number of rotatable bonds is 9. The Labute approximate surface area is 452 Å². The highest BCUT2D eigenvalue weighted by molar-refractivity contribution is 5.99. The third-order valence-corrected chi connectivity index (χ3v) is 14.4. The average Bonchev–Trinajstić information content (AvgIpc) is 3.34. The summed E-state index contributed by atoms with van der Waals surface area (Å²) in [7, 11) is 9.67. The second kappa shape index (κ2) is 29.6. The maximum atomic E-state index is 14.9. The van der Waals surface area contributed by atoms with Crippen LogP contribution in [0.3, 0.4) is 0 Å². The monoisotopic (exact) mass is 1080 g/mol. The fraction of sp³-hybridized carbons (Fsp3) is 0.792. The van der Waals surface area contributed by atoms with E-state index in [2.05, 4.69) is 21.3 Å². The van der Waals surface area contributed by atoms with Crippen LogP contribution in [0.25, 0.3) is 0 Å². The number of nitrogens with one attached hydrogen (secondary N) is 4. The van der Waals surface area contributed by atoms with Crippen molar-refractivity contribution in [1.29, 1.82) is 0 Å². The molecule has 0 aromatic heterocycles. The van der Waals surface area contributed by atoms with E-state index < -0.39 is 156 Å². The first-order chi connectivity index (χ1) is 34.9. The van der Waals surface area contributed by atoms with Crippen molar-refractivity contribution in [2.45, 2.75) is 190 Å². The van der Waals surface area contributed by atoms with Crippen molar-refractivity contribution < 1.29 is 57.8 Å². The van der Waals surface area contributed by atoms with E-state index in [1.165, 1.54) is 91.7 Å². The van der Waals surface area contributed by atoms with Crippen molar-refractivity contribution in [2.24, 2.45) is 29.6 Å². The van der Waals surface area contributed by atoms with Gasteiger partial charge in [0.15, 0.2) is 0 Å². The molecule has 0 aliphatic carbocycles. The molecule has 1 saturated heterocycles. The van der Waals surface area contributed by atoms with Crippen LogP contribution in [0.2, 0.25) is 0 Å². The summed E-state index contributed by atoms with van der Waals surface area (Å²) in [5.74, 6) is -9.56. The van der Waals surface area contributed by atoms with Gasteiger partial charge in [0.2, 0.25) is 65.0 Å². The predicted octanol–water partition coefficient (Wildman–Crippen LogP) is 0.270. The summed E-state index contributed by atoms with van der Waals surface area (Å²) in [4.78, 5) is 163. The Bertz CT molecular complexity index is 2080. The van der Waals surface area contributed by atoms with Crippen molar-refractivity contribution in [3.05, 3.63) is 0 Å². The number of carbonyl (C=O) groups excluding carboxylic acids is 11. The Balaban J connectivity index is 4.08. The largest absolute Gasteiger partial charge is 0.390 e. The average molecular weight is 1080 g/mol. The molecule has 1 rings (SSSR count). The fourth-order valence-electron chi connectivity index (χ4n) is 8.95. The van der Waals surface area contributed by atoms with Crippen LogP contribution in [0, 0.1) is 29.6 Å². The number of nitrogens with zero attached hydrogens (tertiary/aromatic N) is 7. The molecule has 23 nitrogen and oxygen atoms in total. The lowest BCUT2D eigenvalue weighted by Gasteiger charge is -2.41. The fourth-order valence-corrected chi connectivity index (χ4v) is 8.95. The van der Waals surface area contributed by atoms with Gasteiger partial charge in [-0.1, -0.05) is 76.2 Å². The van der Waals surface area contributed by atoms with Gasteiger partial charge in [-0.25, -0.2) is 0 Å². The van der Waals surface area contributed by atoms with Crippen LogP contribution in [0.4, 0.5) is 0 Å². The molecule has 1 heterocycles. The maximum absolute atomic E-state index is 14.9. The number of aliphatic hydroxyl groups excluding tert-OH is 1. The van der Waals surface area contributed by atoms with E-state index in [1.807, 2.05) is 27.7 Å². The molecule has 0 radical (unpaired) electrons. The molecule has 11 unspecified atom stereocenters. The lowest BCUT2D eigenvalue weighted by atomic mass is 9.93. The predicted molar refractivity (Wildman–Crippen MR) is 287 cm³/mol. The molecule has 23 heteroatoms. The molecule has 1 aliphatic heterocycles. The molecule has 0 aromatic carbocycles. The molecule has 11 atom stereocenters. The Morgan fingerprint density at radius 1 is 0.461 bits per heavy atom. The SMILES string of the molecule is CCC1NC(=O)C(C(O)C(C)C)N(C)C(=O)C(C(C)C)N(C)C(=O)C(CC(C)C)N(C)C(=O)C(CC(C)C)N(C)C(=O)C(C)NC(=O)C(C)NC(=O)C(C)N(C)C(=O)C(C(C)C)NC(=O)C(C)N(C)C(=O)CN(C)C1=O. The quantitative estimate of drug-likeness (QED) is 0.208. The van der Waals surface area contributed by atoms with Crippen LogP contribution in [-0.4, -0.2) is 227 Å². The van der Waals surface area contributed by atoms with Crippen molar-refractivity contribution in [3.63, 3.8) is 0 Å². The van der Waals surface area contributed by atoms with E-state index in [9.17, 15) is 57.8 Å². The summed E-state index contributed by atoms with van der Waals surface area (Å²) in [5, 5.41) is 22.2. The first kappa shape index (κ1) is 68.1. The molecule has 11 amide bonds. The standard InChI is InChI=1S/C53H95N11O12/c1-23-36-49(72)58(16)26-39(65)59(17)34(14)46(69)57-40(29(6)7)52(75)60(18)35(15)45(68)54-32(12)44(67)55-33(13)48(71)61(19)37(24-27(2)3)50(73)62(20)38(25-28(4)5)51(74)63(21)41(30(8)9)53(76)64(22)42(47(70)56-36)43(66)31(10)11/h27-38,40-43,66H,23-26H2,1-22H3,(H,54,68)(H,55,67)(H,56,70)(H,57,69). The zero-order valence-corrected chi connectivity index (χ0v) is 49.6. The zero-order chi connectivity index (χ0) is 59.3. The van der Waals surface area contributed by atoms with Gasteiger partial charge < -0.3 is 60.7 Å². The van der Waals surface area contributed by atoms with Crippen molar-refractivity contribution in [3.8, 4) is 0 Å². The van der Waals surface area contributed by atoms with Gasteiger partial charge in [-0.2, -0.15) is 0 Å². The number of likely N-dealkylation sites (N-methyl/N-ethyl adjacent to an activating group) is 7. The third kappa shape index (κ3) is 17.6. The summed E-state index contributed by atoms with van der Waals surface area (Å²) in [5.41, 5.74) is 0. The van der Waals surface area contributed by atoms with E-state index in [4.69, 9.17) is 0 Å². The van der Waals surface area contributed by atoms with E-state index >= 15 is 0 Å². The minimum atomic E-state index is -1.58. The summed E-state index contributed by atoms with van der Waals surface area (Å²) < 4.78 is 0. The molecule has 5 N–H and O–H groups in total. The zero-order valence-electron chi connectivity index (χ0n) is 49.6. The number of aliphatic hydroxyl groups is 1. The van der Waals surface area contributed by atoms with Gasteiger partial charge in [0.25, 0.3) is 0 Å². The summed E-state index contributed by atoms with van der Waals surface area (Å²) in [6.45, 7) is 24.3. The van der Waals surface area contributed by atoms with Gasteiger partial charge in [-0.3, -0.25) is 52.7 Å². The van der Waals surface area contributed by atoms with Crippen LogP contribution in [0.5, 0.6) is 0 Å². The molecule has 76 heavy (non-hydrogen) atoms. The van der Waals surface area contributed by atoms with Crippen molar-refractivity contribution >= 4 is 65.0 Å². The van der Waals surface area contributed by atoms with Gasteiger partial charge in [0.1, 0.15) is 60.4 Å². The first-order valence-corrected chi connectivity index (χ1v) is 26.6. The Kier molecular flexibility index (Phi) is 26.5. The van der Waals surface area contributed by atoms with Gasteiger partial charge in [-0.15, -0.1) is 0 Å². The molecule has 0 spiro atoms. The van der Waals surface area contributed by atoms with Crippen LogP contribution >= 0.6 is 0 Å². The summed E-state index contributed by atoms with van der Waals surface area (Å²) in [6.07, 6.45) is -1.12. The second-order valence-corrected chi connectivity index (χ2v) is 22.6. The maximum Gasteiger partial charge on any atom is 0.246 e. The molecule has 0 aromatic rings. The normalized spacial score (nSPS) is 28.1. The van der Waals surface area contributed by atoms with Crippen LogP contribution in [-0.2, 0) is 52.7 Å². The summed E-state index contributed by atoms with van der Waals surface area (Å²) >= 11 is 0. The molecular weight excluding hydrogens is 983 g/mol. The van der Waals surface area contributed by atoms with Crippen LogP contribution in [0.15, 0.2) is 0 Å². The molecular formula is C53H95N11O12. The number of amides is 11. The van der Waals surface area contributed by atoms with Crippen LogP contribution < -0.4 is 21.3 Å². The lowest BCUT2D eigenvalue weighted by Crippen LogP contribution is -2.63. The van der Waals surface area contributed by atoms with Gasteiger partial charge in [-0.05, 0) is 76.5 Å².